The molecule has 0 amide bonds. The molecule has 0 aromatic heterocycles. The number of aromatic hydroxyl groups is 1. The van der Waals surface area contributed by atoms with Gasteiger partial charge >= 0.3 is 0 Å². The van der Waals surface area contributed by atoms with E-state index < -0.39 is 5.82 Å². The van der Waals surface area contributed by atoms with E-state index in [1.807, 2.05) is 0 Å². The molecule has 0 aliphatic rings. The average Bonchev–Trinajstić information content (AvgIpc) is 2.48. The van der Waals surface area contributed by atoms with Gasteiger partial charge in [0.1, 0.15) is 0 Å². The van der Waals surface area contributed by atoms with Gasteiger partial charge in [-0.05, 0) is 42.2 Å². The molecular formula is C17H20FNO. The van der Waals surface area contributed by atoms with Crippen LogP contribution in [0.25, 0.3) is 0 Å². The molecule has 1 unspecified atom stereocenters. The second-order valence-corrected chi connectivity index (χ2v) is 4.98. The molecule has 0 bridgehead atoms. The Bertz CT molecular complexity index is 566. The monoisotopic (exact) mass is 273 g/mol. The van der Waals surface area contributed by atoms with Crippen LogP contribution in [-0.4, -0.2) is 5.11 Å². The molecule has 2 N–H and O–H groups in total. The summed E-state index contributed by atoms with van der Waals surface area (Å²) in [6, 6.07) is 13.2. The van der Waals surface area contributed by atoms with Gasteiger partial charge in [-0.2, -0.15) is 0 Å². The summed E-state index contributed by atoms with van der Waals surface area (Å²) in [7, 11) is 0. The number of benzene rings is 2. The van der Waals surface area contributed by atoms with Crippen LogP contribution in [0.5, 0.6) is 5.75 Å². The minimum absolute atomic E-state index is 0.192. The standard InChI is InChI=1S/C17H20FNO/c1-3-13-4-7-15(8-5-13)12(2)19-11-14-6-9-17(20)16(18)10-14/h4-10,12,19-20H,3,11H2,1-2H3. The van der Waals surface area contributed by atoms with Gasteiger partial charge in [0.05, 0.1) is 0 Å². The number of phenols is 1. The molecule has 2 rings (SSSR count). The maximum atomic E-state index is 13.2. The third-order valence-electron chi connectivity index (χ3n) is 3.51. The summed E-state index contributed by atoms with van der Waals surface area (Å²) in [6.07, 6.45) is 1.04. The summed E-state index contributed by atoms with van der Waals surface area (Å²) in [6.45, 7) is 4.78. The minimum Gasteiger partial charge on any atom is -0.505 e. The van der Waals surface area contributed by atoms with Crippen LogP contribution in [0.2, 0.25) is 0 Å². The minimum atomic E-state index is -0.579. The Morgan fingerprint density at radius 1 is 1.10 bits per heavy atom. The number of nitrogens with one attached hydrogen (secondary N) is 1. The Morgan fingerprint density at radius 2 is 1.75 bits per heavy atom. The highest BCUT2D eigenvalue weighted by molar-refractivity contribution is 5.28. The van der Waals surface area contributed by atoms with E-state index in [1.165, 1.54) is 23.3 Å². The van der Waals surface area contributed by atoms with E-state index in [9.17, 15) is 4.39 Å². The van der Waals surface area contributed by atoms with Gasteiger partial charge in [0.25, 0.3) is 0 Å². The van der Waals surface area contributed by atoms with Gasteiger partial charge in [0, 0.05) is 12.6 Å². The third kappa shape index (κ3) is 3.58. The fraction of sp³-hybridized carbons (Fsp3) is 0.294. The Morgan fingerprint density at radius 3 is 2.35 bits per heavy atom. The summed E-state index contributed by atoms with van der Waals surface area (Å²) in [5.41, 5.74) is 3.35. The normalized spacial score (nSPS) is 12.3. The van der Waals surface area contributed by atoms with Crippen LogP contribution < -0.4 is 5.32 Å². The molecule has 20 heavy (non-hydrogen) atoms. The van der Waals surface area contributed by atoms with Crippen molar-refractivity contribution in [2.75, 3.05) is 0 Å². The molecule has 0 saturated carbocycles. The highest BCUT2D eigenvalue weighted by Crippen LogP contribution is 2.18. The number of aryl methyl sites for hydroxylation is 1. The van der Waals surface area contributed by atoms with Crippen molar-refractivity contribution >= 4 is 0 Å². The van der Waals surface area contributed by atoms with Crippen molar-refractivity contribution in [3.8, 4) is 5.75 Å². The number of halogens is 1. The van der Waals surface area contributed by atoms with Crippen LogP contribution in [0.15, 0.2) is 42.5 Å². The van der Waals surface area contributed by atoms with Crippen molar-refractivity contribution in [3.05, 3.63) is 65.0 Å². The molecule has 0 spiro atoms. The Kier molecular flexibility index (Phi) is 4.74. The first-order chi connectivity index (χ1) is 9.60. The molecule has 2 aromatic rings. The molecular weight excluding hydrogens is 253 g/mol. The molecule has 2 aromatic carbocycles. The topological polar surface area (TPSA) is 32.3 Å². The zero-order valence-electron chi connectivity index (χ0n) is 11.9. The second-order valence-electron chi connectivity index (χ2n) is 4.98. The van der Waals surface area contributed by atoms with E-state index in [-0.39, 0.29) is 11.8 Å². The van der Waals surface area contributed by atoms with E-state index in [4.69, 9.17) is 5.11 Å². The summed E-state index contributed by atoms with van der Waals surface area (Å²) < 4.78 is 13.2. The summed E-state index contributed by atoms with van der Waals surface area (Å²) in [4.78, 5) is 0. The number of phenolic OH excluding ortho intramolecular Hbond substituents is 1. The SMILES string of the molecule is CCc1ccc(C(C)NCc2ccc(O)c(F)c2)cc1. The smallest absolute Gasteiger partial charge is 0.165 e. The Labute approximate surface area is 119 Å². The van der Waals surface area contributed by atoms with Gasteiger partial charge in [-0.25, -0.2) is 4.39 Å². The van der Waals surface area contributed by atoms with E-state index in [0.717, 1.165) is 12.0 Å². The predicted molar refractivity (Wildman–Crippen MR) is 79.1 cm³/mol. The first-order valence-corrected chi connectivity index (χ1v) is 6.89. The van der Waals surface area contributed by atoms with Crippen molar-refractivity contribution < 1.29 is 9.50 Å². The average molecular weight is 273 g/mol. The highest BCUT2D eigenvalue weighted by atomic mass is 19.1. The molecule has 0 fully saturated rings. The van der Waals surface area contributed by atoms with Crippen molar-refractivity contribution in [2.24, 2.45) is 0 Å². The summed E-state index contributed by atoms with van der Waals surface area (Å²) in [5.74, 6) is -0.888. The largest absolute Gasteiger partial charge is 0.505 e. The lowest BCUT2D eigenvalue weighted by molar-refractivity contribution is 0.431. The molecule has 106 valence electrons. The van der Waals surface area contributed by atoms with Crippen LogP contribution in [0.1, 0.15) is 36.6 Å². The quantitative estimate of drug-likeness (QED) is 0.864. The van der Waals surface area contributed by atoms with E-state index >= 15 is 0 Å². The molecule has 0 radical (unpaired) electrons. The van der Waals surface area contributed by atoms with E-state index in [2.05, 4.69) is 43.4 Å². The molecule has 0 aliphatic heterocycles. The zero-order valence-corrected chi connectivity index (χ0v) is 11.9. The predicted octanol–water partition coefficient (Wildman–Crippen LogP) is 3.94. The van der Waals surface area contributed by atoms with Gasteiger partial charge in [0.15, 0.2) is 11.6 Å². The highest BCUT2D eigenvalue weighted by Gasteiger charge is 2.06. The van der Waals surface area contributed by atoms with Crippen LogP contribution in [0, 0.1) is 5.82 Å². The third-order valence-corrected chi connectivity index (χ3v) is 3.51. The van der Waals surface area contributed by atoms with Crippen LogP contribution in [-0.2, 0) is 13.0 Å². The summed E-state index contributed by atoms with van der Waals surface area (Å²) in [5, 5.41) is 12.5. The number of rotatable bonds is 5. The van der Waals surface area contributed by atoms with Crippen molar-refractivity contribution in [1.29, 1.82) is 0 Å². The number of hydrogen-bond acceptors (Lipinski definition) is 2. The Hall–Kier alpha value is -1.87. The maximum Gasteiger partial charge on any atom is 0.165 e. The van der Waals surface area contributed by atoms with Crippen molar-refractivity contribution in [1.82, 2.24) is 5.32 Å². The zero-order chi connectivity index (χ0) is 14.5. The second kappa shape index (κ2) is 6.53. The lowest BCUT2D eigenvalue weighted by Gasteiger charge is -2.15. The molecule has 1 atom stereocenters. The van der Waals surface area contributed by atoms with E-state index in [0.29, 0.717) is 6.54 Å². The molecule has 0 saturated heterocycles. The van der Waals surface area contributed by atoms with Crippen molar-refractivity contribution in [3.63, 3.8) is 0 Å². The van der Waals surface area contributed by atoms with Gasteiger partial charge in [0.2, 0.25) is 0 Å². The Balaban J connectivity index is 1.96. The fourth-order valence-corrected chi connectivity index (χ4v) is 2.09. The first-order valence-electron chi connectivity index (χ1n) is 6.89. The van der Waals surface area contributed by atoms with Crippen LogP contribution in [0.3, 0.4) is 0 Å². The molecule has 3 heteroatoms. The number of hydrogen-bond donors (Lipinski definition) is 2. The van der Waals surface area contributed by atoms with Crippen LogP contribution >= 0.6 is 0 Å². The van der Waals surface area contributed by atoms with Gasteiger partial charge < -0.3 is 10.4 Å². The van der Waals surface area contributed by atoms with Gasteiger partial charge in [-0.3, -0.25) is 0 Å². The van der Waals surface area contributed by atoms with Gasteiger partial charge in [-0.1, -0.05) is 37.3 Å². The molecule has 0 aliphatic carbocycles. The molecule has 2 nitrogen and oxygen atoms in total. The first kappa shape index (κ1) is 14.5. The lowest BCUT2D eigenvalue weighted by Crippen LogP contribution is -2.18. The van der Waals surface area contributed by atoms with Crippen LogP contribution in [0.4, 0.5) is 4.39 Å². The molecule has 0 heterocycles. The summed E-state index contributed by atoms with van der Waals surface area (Å²) >= 11 is 0. The maximum absolute atomic E-state index is 13.2. The van der Waals surface area contributed by atoms with E-state index in [1.54, 1.807) is 6.07 Å². The lowest BCUT2D eigenvalue weighted by atomic mass is 10.0. The fourth-order valence-electron chi connectivity index (χ4n) is 2.09. The van der Waals surface area contributed by atoms with Crippen molar-refractivity contribution in [2.45, 2.75) is 32.9 Å². The van der Waals surface area contributed by atoms with Gasteiger partial charge in [-0.15, -0.1) is 0 Å².